The van der Waals surface area contributed by atoms with Gasteiger partial charge in [-0.25, -0.2) is 0 Å². The summed E-state index contributed by atoms with van der Waals surface area (Å²) in [7, 11) is 0. The average molecular weight is 165 g/mol. The van der Waals surface area contributed by atoms with Crippen molar-refractivity contribution >= 4 is 12.6 Å². The van der Waals surface area contributed by atoms with Crippen LogP contribution in [0.5, 0.6) is 0 Å². The third-order valence-corrected chi connectivity index (χ3v) is 2.76. The number of fused-ring (bicyclic) bond motifs is 1. The van der Waals surface area contributed by atoms with Gasteiger partial charge in [0.15, 0.2) is 0 Å². The average Bonchev–Trinajstić information content (AvgIpc) is 2.30. The van der Waals surface area contributed by atoms with Crippen molar-refractivity contribution in [1.29, 1.82) is 0 Å². The molecule has 0 saturated heterocycles. The summed E-state index contributed by atoms with van der Waals surface area (Å²) in [5, 5.41) is 0.312. The number of hydrogen-bond donors (Lipinski definition) is 2. The molecule has 1 unspecified atom stereocenters. The number of thiol groups is 1. The highest BCUT2D eigenvalue weighted by Crippen LogP contribution is 2.32. The fourth-order valence-corrected chi connectivity index (χ4v) is 1.96. The SMILES string of the molecule is NC1c2ccccc2C[C@@H]1S. The Morgan fingerprint density at radius 2 is 2.09 bits per heavy atom. The van der Waals surface area contributed by atoms with Crippen molar-refractivity contribution in [3.8, 4) is 0 Å². The van der Waals surface area contributed by atoms with Gasteiger partial charge in [-0.05, 0) is 17.5 Å². The summed E-state index contributed by atoms with van der Waals surface area (Å²) in [6.45, 7) is 0. The van der Waals surface area contributed by atoms with Crippen molar-refractivity contribution in [2.75, 3.05) is 0 Å². The topological polar surface area (TPSA) is 26.0 Å². The van der Waals surface area contributed by atoms with E-state index in [1.807, 2.05) is 6.07 Å². The smallest absolute Gasteiger partial charge is 0.0419 e. The maximum atomic E-state index is 5.91. The van der Waals surface area contributed by atoms with Gasteiger partial charge in [-0.1, -0.05) is 24.3 Å². The second kappa shape index (κ2) is 2.54. The maximum Gasteiger partial charge on any atom is 0.0419 e. The molecule has 11 heavy (non-hydrogen) atoms. The molecule has 0 radical (unpaired) electrons. The fourth-order valence-electron chi connectivity index (χ4n) is 1.60. The highest BCUT2D eigenvalue weighted by molar-refractivity contribution is 7.81. The van der Waals surface area contributed by atoms with Crippen LogP contribution in [-0.4, -0.2) is 5.25 Å². The maximum absolute atomic E-state index is 5.91. The van der Waals surface area contributed by atoms with Gasteiger partial charge < -0.3 is 5.73 Å². The predicted molar refractivity (Wildman–Crippen MR) is 49.8 cm³/mol. The first-order valence-corrected chi connectivity index (χ1v) is 4.32. The summed E-state index contributed by atoms with van der Waals surface area (Å²) in [5.74, 6) is 0. The van der Waals surface area contributed by atoms with Crippen LogP contribution < -0.4 is 5.73 Å². The van der Waals surface area contributed by atoms with Gasteiger partial charge >= 0.3 is 0 Å². The number of nitrogens with two attached hydrogens (primary N) is 1. The predicted octanol–water partition coefficient (Wildman–Crippen LogP) is 1.54. The first-order chi connectivity index (χ1) is 5.29. The summed E-state index contributed by atoms with van der Waals surface area (Å²) in [6.07, 6.45) is 1.01. The molecule has 0 heterocycles. The van der Waals surface area contributed by atoms with Crippen molar-refractivity contribution < 1.29 is 0 Å². The van der Waals surface area contributed by atoms with E-state index in [1.54, 1.807) is 0 Å². The van der Waals surface area contributed by atoms with Gasteiger partial charge in [0.05, 0.1) is 0 Å². The molecule has 1 aliphatic rings. The van der Waals surface area contributed by atoms with Crippen LogP contribution in [0.4, 0.5) is 0 Å². The van der Waals surface area contributed by atoms with Crippen LogP contribution in [-0.2, 0) is 6.42 Å². The molecule has 0 saturated carbocycles. The minimum Gasteiger partial charge on any atom is -0.323 e. The van der Waals surface area contributed by atoms with Crippen LogP contribution in [0.2, 0.25) is 0 Å². The molecule has 0 amide bonds. The van der Waals surface area contributed by atoms with E-state index in [2.05, 4.69) is 30.8 Å². The molecule has 58 valence electrons. The number of hydrogen-bond acceptors (Lipinski definition) is 2. The Hall–Kier alpha value is -0.470. The highest BCUT2D eigenvalue weighted by atomic mass is 32.1. The summed E-state index contributed by atoms with van der Waals surface area (Å²) in [4.78, 5) is 0. The minimum absolute atomic E-state index is 0.134. The third kappa shape index (κ3) is 1.06. The zero-order valence-corrected chi connectivity index (χ0v) is 7.09. The van der Waals surface area contributed by atoms with E-state index in [-0.39, 0.29) is 6.04 Å². The first kappa shape index (κ1) is 7.19. The molecule has 1 aromatic rings. The third-order valence-electron chi connectivity index (χ3n) is 2.26. The lowest BCUT2D eigenvalue weighted by molar-refractivity contribution is 0.736. The quantitative estimate of drug-likeness (QED) is 0.560. The van der Waals surface area contributed by atoms with Gasteiger partial charge in [0.25, 0.3) is 0 Å². The van der Waals surface area contributed by atoms with Crippen molar-refractivity contribution in [2.45, 2.75) is 17.7 Å². The Kier molecular flexibility index (Phi) is 1.66. The Morgan fingerprint density at radius 1 is 1.36 bits per heavy atom. The molecule has 0 aliphatic heterocycles. The van der Waals surface area contributed by atoms with E-state index < -0.39 is 0 Å². The molecule has 2 heteroatoms. The van der Waals surface area contributed by atoms with Crippen LogP contribution >= 0.6 is 12.6 Å². The molecule has 0 bridgehead atoms. The van der Waals surface area contributed by atoms with E-state index in [0.29, 0.717) is 5.25 Å². The molecule has 2 N–H and O–H groups in total. The largest absolute Gasteiger partial charge is 0.323 e. The lowest BCUT2D eigenvalue weighted by atomic mass is 10.1. The van der Waals surface area contributed by atoms with Crippen LogP contribution in [0.15, 0.2) is 24.3 Å². The molecule has 0 aromatic heterocycles. The van der Waals surface area contributed by atoms with E-state index in [9.17, 15) is 0 Å². The molecular weight excluding hydrogens is 154 g/mol. The zero-order chi connectivity index (χ0) is 7.84. The molecule has 0 fully saturated rings. The Morgan fingerprint density at radius 3 is 2.82 bits per heavy atom. The molecule has 0 spiro atoms. The second-order valence-electron chi connectivity index (χ2n) is 3.00. The van der Waals surface area contributed by atoms with Crippen molar-refractivity contribution in [3.63, 3.8) is 0 Å². The molecule has 2 atom stereocenters. The monoisotopic (exact) mass is 165 g/mol. The van der Waals surface area contributed by atoms with Crippen LogP contribution in [0, 0.1) is 0 Å². The van der Waals surface area contributed by atoms with E-state index in [1.165, 1.54) is 11.1 Å². The lowest BCUT2D eigenvalue weighted by Crippen LogP contribution is -2.16. The highest BCUT2D eigenvalue weighted by Gasteiger charge is 2.25. The molecule has 2 rings (SSSR count). The van der Waals surface area contributed by atoms with Gasteiger partial charge in [-0.3, -0.25) is 0 Å². The summed E-state index contributed by atoms with van der Waals surface area (Å²) in [6, 6.07) is 8.44. The number of rotatable bonds is 0. The van der Waals surface area contributed by atoms with Gasteiger partial charge in [0.2, 0.25) is 0 Å². The van der Waals surface area contributed by atoms with Gasteiger partial charge in [-0.2, -0.15) is 12.6 Å². The Bertz CT molecular complexity index is 272. The van der Waals surface area contributed by atoms with Crippen LogP contribution in [0.25, 0.3) is 0 Å². The standard InChI is InChI=1S/C9H11NS/c10-9-7-4-2-1-3-6(7)5-8(9)11/h1-4,8-9,11H,5,10H2/t8-,9?/m0/s1. The summed E-state index contributed by atoms with van der Waals surface area (Å²) < 4.78 is 0. The molecular formula is C9H11NS. The number of benzene rings is 1. The van der Waals surface area contributed by atoms with E-state index in [4.69, 9.17) is 5.73 Å². The van der Waals surface area contributed by atoms with Gasteiger partial charge in [0, 0.05) is 11.3 Å². The summed E-state index contributed by atoms with van der Waals surface area (Å²) in [5.41, 5.74) is 8.55. The molecule has 1 nitrogen and oxygen atoms in total. The Balaban J connectivity index is 2.47. The van der Waals surface area contributed by atoms with Crippen LogP contribution in [0.1, 0.15) is 17.2 Å². The zero-order valence-electron chi connectivity index (χ0n) is 6.20. The van der Waals surface area contributed by atoms with Crippen molar-refractivity contribution in [2.24, 2.45) is 5.73 Å². The summed E-state index contributed by atoms with van der Waals surface area (Å²) >= 11 is 4.41. The first-order valence-electron chi connectivity index (χ1n) is 3.80. The van der Waals surface area contributed by atoms with Gasteiger partial charge in [-0.15, -0.1) is 0 Å². The Labute approximate surface area is 72.0 Å². The van der Waals surface area contributed by atoms with Crippen LogP contribution in [0.3, 0.4) is 0 Å². The van der Waals surface area contributed by atoms with Crippen molar-refractivity contribution in [3.05, 3.63) is 35.4 Å². The second-order valence-corrected chi connectivity index (χ2v) is 3.66. The normalized spacial score (nSPS) is 28.5. The lowest BCUT2D eigenvalue weighted by Gasteiger charge is -2.07. The minimum atomic E-state index is 0.134. The molecule has 1 aromatic carbocycles. The fraction of sp³-hybridized carbons (Fsp3) is 0.333. The molecule has 1 aliphatic carbocycles. The van der Waals surface area contributed by atoms with Crippen molar-refractivity contribution in [1.82, 2.24) is 0 Å². The van der Waals surface area contributed by atoms with Gasteiger partial charge in [0.1, 0.15) is 0 Å². The van der Waals surface area contributed by atoms with E-state index in [0.717, 1.165) is 6.42 Å². The van der Waals surface area contributed by atoms with E-state index >= 15 is 0 Å².